The number of fused-ring (bicyclic) bond motifs is 3. The summed E-state index contributed by atoms with van der Waals surface area (Å²) in [5.41, 5.74) is 2.70. The minimum absolute atomic E-state index is 0. The van der Waals surface area contributed by atoms with Crippen molar-refractivity contribution in [2.24, 2.45) is 0 Å². The third-order valence-electron chi connectivity index (χ3n) is 8.00. The van der Waals surface area contributed by atoms with E-state index in [1.54, 1.807) is 0 Å². The van der Waals surface area contributed by atoms with Crippen LogP contribution in [0.1, 0.15) is 25.0 Å². The number of hydrogen-bond donors (Lipinski definition) is 0. The van der Waals surface area contributed by atoms with Crippen molar-refractivity contribution in [2.45, 2.75) is 39.8 Å². The van der Waals surface area contributed by atoms with Gasteiger partial charge in [0.05, 0.1) is 0 Å². The Morgan fingerprint density at radius 1 is 0.383 bits per heavy atom. The minimum Gasteiger partial charge on any atom is -0.184 e. The van der Waals surface area contributed by atoms with Crippen LogP contribution in [0, 0.1) is 38.1 Å². The van der Waals surface area contributed by atoms with E-state index in [0.29, 0.717) is 0 Å². The van der Waals surface area contributed by atoms with Gasteiger partial charge >= 0.3 is 0 Å². The molecule has 0 aliphatic heterocycles. The van der Waals surface area contributed by atoms with Crippen molar-refractivity contribution in [3.05, 3.63) is 272 Å². The maximum Gasteiger partial charge on any atom is 0.0372 e. The summed E-state index contributed by atoms with van der Waals surface area (Å²) in [5.74, 6) is 0. The van der Waals surface area contributed by atoms with Crippen LogP contribution in [0.15, 0.2) is 237 Å². The van der Waals surface area contributed by atoms with Gasteiger partial charge in [0.2, 0.25) is 0 Å². The monoisotopic (exact) mass is 863 g/mol. The van der Waals surface area contributed by atoms with Gasteiger partial charge in [-0.15, -0.1) is 111 Å². The van der Waals surface area contributed by atoms with Gasteiger partial charge in [-0.3, -0.25) is 0 Å². The molecule has 0 amide bonds. The van der Waals surface area contributed by atoms with Crippen molar-refractivity contribution in [2.75, 3.05) is 0 Å². The summed E-state index contributed by atoms with van der Waals surface area (Å²) in [6, 6.07) is 93.1. The Kier molecular flexibility index (Phi) is 31.7. The molecule has 0 saturated heterocycles. The van der Waals surface area contributed by atoms with Gasteiger partial charge in [0.15, 0.2) is 0 Å². The van der Waals surface area contributed by atoms with Gasteiger partial charge in [-0.1, -0.05) is 58.0 Å². The second-order valence-electron chi connectivity index (χ2n) is 12.7. The Hall–Kier alpha value is -4.98. The van der Waals surface area contributed by atoms with Crippen molar-refractivity contribution in [3.63, 3.8) is 0 Å². The number of aryl methyl sites for hydroxylation is 2. The first-order valence-electron chi connectivity index (χ1n) is 19.8. The molecule has 0 atom stereocenters. The molecule has 0 fully saturated rings. The van der Waals surface area contributed by atoms with E-state index in [1.807, 2.05) is 121 Å². The fourth-order valence-electron chi connectivity index (χ4n) is 5.30. The second-order valence-corrected chi connectivity index (χ2v) is 14.7. The smallest absolute Gasteiger partial charge is 0.0372 e. The molecule has 0 aliphatic carbocycles. The van der Waals surface area contributed by atoms with Crippen molar-refractivity contribution in [1.82, 2.24) is 0 Å². The summed E-state index contributed by atoms with van der Waals surface area (Å²) in [6.07, 6.45) is 0. The Labute approximate surface area is 394 Å². The molecule has 10 aromatic rings. The standard InChI is InChI=1S/2C10H9.C9H7.4C6H5.C4H10Si.2Ti/c2*1-8-6-9-4-2-3-5-10(9)7-8;1-2-5-9-7-3-6-8(9)4-1;4*1-2-4-6-5-3-1;1-3-5-4-2;;/h2*2-7H,1H3;1-7H;4*1-5H;3-4H2,1-2H3;;/q7*-1;;;. The van der Waals surface area contributed by atoms with Crippen molar-refractivity contribution in [1.29, 1.82) is 0 Å². The van der Waals surface area contributed by atoms with Crippen LogP contribution in [0.2, 0.25) is 12.1 Å². The van der Waals surface area contributed by atoms with E-state index >= 15 is 0 Å². The molecule has 60 heavy (non-hydrogen) atoms. The van der Waals surface area contributed by atoms with E-state index in [0.717, 1.165) is 0 Å². The Morgan fingerprint density at radius 3 is 0.950 bits per heavy atom. The van der Waals surface area contributed by atoms with E-state index in [1.165, 1.54) is 65.1 Å². The quantitative estimate of drug-likeness (QED) is 0.120. The number of hydrogen-bond acceptors (Lipinski definition) is 0. The third-order valence-corrected chi connectivity index (χ3v) is 9.00. The first-order valence-corrected chi connectivity index (χ1v) is 21.2. The zero-order chi connectivity index (χ0) is 41.1. The van der Waals surface area contributed by atoms with Gasteiger partial charge < -0.3 is 0 Å². The molecular formula is C57H55SiTi2-7. The summed E-state index contributed by atoms with van der Waals surface area (Å²) < 4.78 is 0. The SMILES string of the molecule is CC[Si]CC.Cc1cc2ccccc2[cH-]1.Cc1cc2ccccc2[cH-]1.[Ti].[Ti].[c-]1ccccc1.[c-]1ccccc1.[c-]1ccccc1.[c-]1ccccc1.c1ccc2[cH-]ccc2c1. The van der Waals surface area contributed by atoms with Crippen LogP contribution in [0.3, 0.4) is 0 Å². The molecule has 0 saturated carbocycles. The summed E-state index contributed by atoms with van der Waals surface area (Å²) in [6.45, 7) is 8.70. The van der Waals surface area contributed by atoms with Crippen LogP contribution in [0.25, 0.3) is 32.3 Å². The summed E-state index contributed by atoms with van der Waals surface area (Å²) >= 11 is 0. The second kappa shape index (κ2) is 35.9. The van der Waals surface area contributed by atoms with Crippen molar-refractivity contribution >= 4 is 41.8 Å². The van der Waals surface area contributed by atoms with Gasteiger partial charge in [-0.05, 0) is 0 Å². The number of benzene rings is 7. The van der Waals surface area contributed by atoms with E-state index in [-0.39, 0.29) is 43.4 Å². The maximum atomic E-state index is 2.89. The zero-order valence-corrected chi connectivity index (χ0v) is 39.6. The summed E-state index contributed by atoms with van der Waals surface area (Å²) in [7, 11) is 1.20. The third kappa shape index (κ3) is 24.8. The summed E-state index contributed by atoms with van der Waals surface area (Å²) in [5, 5.41) is 8.05. The maximum absolute atomic E-state index is 2.89. The zero-order valence-electron chi connectivity index (χ0n) is 35.4. The van der Waals surface area contributed by atoms with Crippen LogP contribution in [0.4, 0.5) is 0 Å². The van der Waals surface area contributed by atoms with E-state index in [4.69, 9.17) is 0 Å². The Morgan fingerprint density at radius 2 is 0.700 bits per heavy atom. The molecule has 0 bridgehead atoms. The van der Waals surface area contributed by atoms with Crippen LogP contribution in [0.5, 0.6) is 0 Å². The van der Waals surface area contributed by atoms with Crippen molar-refractivity contribution in [3.8, 4) is 0 Å². The van der Waals surface area contributed by atoms with Crippen LogP contribution in [-0.4, -0.2) is 9.52 Å². The first-order chi connectivity index (χ1) is 28.6. The predicted molar refractivity (Wildman–Crippen MR) is 256 cm³/mol. The van der Waals surface area contributed by atoms with Gasteiger partial charge in [-0.2, -0.15) is 175 Å². The molecule has 302 valence electrons. The first kappa shape index (κ1) is 53.0. The predicted octanol–water partition coefficient (Wildman–Crippen LogP) is 15.8. The molecule has 10 aromatic carbocycles. The minimum atomic E-state index is 0. The normalized spacial score (nSPS) is 8.93. The van der Waals surface area contributed by atoms with Gasteiger partial charge in [0, 0.05) is 53.0 Å². The van der Waals surface area contributed by atoms with Crippen molar-refractivity contribution < 1.29 is 43.4 Å². The van der Waals surface area contributed by atoms with Gasteiger partial charge in [0.1, 0.15) is 0 Å². The molecule has 0 N–H and O–H groups in total. The van der Waals surface area contributed by atoms with Gasteiger partial charge in [0.25, 0.3) is 0 Å². The van der Waals surface area contributed by atoms with E-state index in [2.05, 4.69) is 167 Å². The molecule has 0 unspecified atom stereocenters. The van der Waals surface area contributed by atoms with E-state index in [9.17, 15) is 0 Å². The molecule has 0 aliphatic rings. The molecule has 10 rings (SSSR count). The molecule has 0 spiro atoms. The number of rotatable bonds is 2. The van der Waals surface area contributed by atoms with E-state index < -0.39 is 0 Å². The Bertz CT molecular complexity index is 1960. The Balaban J connectivity index is 0.000000346. The summed E-state index contributed by atoms with van der Waals surface area (Å²) in [4.78, 5) is 0. The molecule has 2 radical (unpaired) electrons. The fourth-order valence-corrected chi connectivity index (χ4v) is 5.80. The largest absolute Gasteiger partial charge is 0.184 e. The molecular weight excluding hydrogens is 808 g/mol. The molecule has 0 heterocycles. The van der Waals surface area contributed by atoms with Crippen LogP contribution < -0.4 is 0 Å². The molecule has 0 nitrogen and oxygen atoms in total. The molecule has 0 aromatic heterocycles. The average Bonchev–Trinajstić information content (AvgIpc) is 4.05. The topological polar surface area (TPSA) is 0 Å². The average molecular weight is 864 g/mol. The van der Waals surface area contributed by atoms with Crippen LogP contribution >= 0.6 is 0 Å². The van der Waals surface area contributed by atoms with Gasteiger partial charge in [-0.25, -0.2) is 0 Å². The van der Waals surface area contributed by atoms with Crippen LogP contribution in [-0.2, 0) is 43.4 Å². The fraction of sp³-hybridized carbons (Fsp3) is 0.105. The molecule has 3 heteroatoms.